The minimum Gasteiger partial charge on any atom is -0.330 e. The lowest BCUT2D eigenvalue weighted by atomic mass is 10.2. The molecule has 0 aliphatic rings. The third-order valence-corrected chi connectivity index (χ3v) is 6.05. The van der Waals surface area contributed by atoms with E-state index in [4.69, 9.17) is 0 Å². The summed E-state index contributed by atoms with van der Waals surface area (Å²) < 4.78 is 6.01. The van der Waals surface area contributed by atoms with Crippen LogP contribution in [-0.2, 0) is 0 Å². The van der Waals surface area contributed by atoms with Crippen LogP contribution in [0.25, 0.3) is 33.1 Å². The van der Waals surface area contributed by atoms with Crippen molar-refractivity contribution in [1.29, 1.82) is 0 Å². The number of hydrogen-bond acceptors (Lipinski definition) is 6. The normalized spacial score (nSPS) is 11.1. The van der Waals surface area contributed by atoms with Gasteiger partial charge in [-0.2, -0.15) is 10.2 Å². The first kappa shape index (κ1) is 29.4. The summed E-state index contributed by atoms with van der Waals surface area (Å²) in [4.78, 5) is 16.9. The van der Waals surface area contributed by atoms with Gasteiger partial charge in [-0.05, 0) is 84.7 Å². The zero-order valence-electron chi connectivity index (χ0n) is 23.5. The Bertz CT molecular complexity index is 1550. The summed E-state index contributed by atoms with van der Waals surface area (Å²) in [6.45, 7) is 16.8. The first-order valence-electron chi connectivity index (χ1n) is 13.0. The van der Waals surface area contributed by atoms with Crippen molar-refractivity contribution in [2.45, 2.75) is 80.9 Å². The molecule has 9 heteroatoms. The molecule has 9 nitrogen and oxygen atoms in total. The molecule has 0 bridgehead atoms. The predicted molar refractivity (Wildman–Crippen MR) is 160 cm³/mol. The van der Waals surface area contributed by atoms with E-state index in [0.29, 0.717) is 18.1 Å². The van der Waals surface area contributed by atoms with Crippen LogP contribution in [0.1, 0.15) is 78.2 Å². The third kappa shape index (κ3) is 6.66. The summed E-state index contributed by atoms with van der Waals surface area (Å²) >= 11 is 0. The molecule has 6 aromatic heterocycles. The van der Waals surface area contributed by atoms with Gasteiger partial charge in [0.2, 0.25) is 0 Å². The van der Waals surface area contributed by atoms with E-state index in [-0.39, 0.29) is 7.43 Å². The summed E-state index contributed by atoms with van der Waals surface area (Å²) in [6.07, 6.45) is 12.9. The molecule has 0 aliphatic carbocycles. The second-order valence-electron chi connectivity index (χ2n) is 10.3. The van der Waals surface area contributed by atoms with Gasteiger partial charge in [0.1, 0.15) is 12.0 Å². The first-order chi connectivity index (χ1) is 18.2. The maximum Gasteiger partial charge on any atom is 0.161 e. The largest absolute Gasteiger partial charge is 0.330 e. The Labute approximate surface area is 230 Å². The van der Waals surface area contributed by atoms with Crippen LogP contribution in [0, 0.1) is 13.8 Å². The molecule has 206 valence electrons. The van der Waals surface area contributed by atoms with E-state index >= 15 is 0 Å². The molecule has 0 aromatic carbocycles. The number of pyridine rings is 2. The summed E-state index contributed by atoms with van der Waals surface area (Å²) in [5.41, 5.74) is 5.35. The van der Waals surface area contributed by atoms with E-state index in [1.165, 1.54) is 16.5 Å². The minimum absolute atomic E-state index is 0. The first-order valence-corrected chi connectivity index (χ1v) is 13.0. The average molecular weight is 528 g/mol. The minimum atomic E-state index is 0. The molecule has 0 atom stereocenters. The monoisotopic (exact) mass is 527 g/mol. The van der Waals surface area contributed by atoms with Crippen LogP contribution in [0.2, 0.25) is 0 Å². The molecular weight excluding hydrogens is 486 g/mol. The Morgan fingerprint density at radius 1 is 0.590 bits per heavy atom. The SMILES string of the molecule is C.CC(C)n1ncc2cncnc21.Cc1cnc2c(ccn2C(C)C)c1.Cc1cnc2c(cnn2C(C)C)c1. The molecule has 39 heavy (non-hydrogen) atoms. The fourth-order valence-corrected chi connectivity index (χ4v) is 4.17. The van der Waals surface area contributed by atoms with Crippen LogP contribution in [0.5, 0.6) is 0 Å². The lowest BCUT2D eigenvalue weighted by Crippen LogP contribution is -2.02. The van der Waals surface area contributed by atoms with Crippen LogP contribution in [0.3, 0.4) is 0 Å². The topological polar surface area (TPSA) is 92.1 Å². The Morgan fingerprint density at radius 3 is 1.72 bits per heavy atom. The van der Waals surface area contributed by atoms with Crippen molar-refractivity contribution < 1.29 is 0 Å². The van der Waals surface area contributed by atoms with Crippen LogP contribution < -0.4 is 0 Å². The third-order valence-electron chi connectivity index (χ3n) is 6.05. The zero-order valence-corrected chi connectivity index (χ0v) is 23.5. The molecule has 6 rings (SSSR count). The molecule has 0 unspecified atom stereocenters. The van der Waals surface area contributed by atoms with Crippen molar-refractivity contribution in [2.75, 3.05) is 0 Å². The lowest BCUT2D eigenvalue weighted by molar-refractivity contribution is 0.546. The van der Waals surface area contributed by atoms with Gasteiger partial charge in [0, 0.05) is 53.7 Å². The highest BCUT2D eigenvalue weighted by atomic mass is 15.3. The van der Waals surface area contributed by atoms with Crippen LogP contribution in [0.4, 0.5) is 0 Å². The van der Waals surface area contributed by atoms with Crippen molar-refractivity contribution in [3.63, 3.8) is 0 Å². The number of aromatic nitrogens is 9. The Kier molecular flexibility index (Phi) is 9.51. The maximum atomic E-state index is 4.42. The van der Waals surface area contributed by atoms with Gasteiger partial charge in [-0.3, -0.25) is 0 Å². The van der Waals surface area contributed by atoms with Crippen molar-refractivity contribution in [2.24, 2.45) is 0 Å². The van der Waals surface area contributed by atoms with E-state index in [0.717, 1.165) is 27.7 Å². The molecule has 0 aliphatic heterocycles. The van der Waals surface area contributed by atoms with Gasteiger partial charge in [-0.15, -0.1) is 0 Å². The van der Waals surface area contributed by atoms with E-state index in [1.807, 2.05) is 34.9 Å². The molecule has 0 spiro atoms. The van der Waals surface area contributed by atoms with E-state index in [1.54, 1.807) is 18.7 Å². The number of nitrogens with zero attached hydrogens (tertiary/aromatic N) is 9. The maximum absolute atomic E-state index is 4.42. The summed E-state index contributed by atoms with van der Waals surface area (Å²) in [6, 6.07) is 7.59. The van der Waals surface area contributed by atoms with E-state index in [9.17, 15) is 0 Å². The van der Waals surface area contributed by atoms with Crippen LogP contribution in [0.15, 0.2) is 61.7 Å². The van der Waals surface area contributed by atoms with Crippen molar-refractivity contribution in [1.82, 2.24) is 44.1 Å². The number of aryl methyl sites for hydroxylation is 2. The van der Waals surface area contributed by atoms with Gasteiger partial charge in [0.05, 0.1) is 17.8 Å². The number of fused-ring (bicyclic) bond motifs is 3. The molecule has 6 aromatic rings. The number of rotatable bonds is 3. The quantitative estimate of drug-likeness (QED) is 0.240. The standard InChI is InChI=1S/C11H14N2.C10H13N3.C8H10N4.CH4/c1-8(2)13-5-4-10-6-9(3)7-12-11(10)13;1-7(2)13-10-9(6-12-13)4-8(3)5-11-10;1-6(2)12-8-7(4-11-12)3-9-5-10-8;/h4-8H,1-3H3;4-7H,1-3H3;3-6H,1-2H3;1H4. The van der Waals surface area contributed by atoms with Gasteiger partial charge in [0.15, 0.2) is 11.3 Å². The molecule has 0 saturated carbocycles. The fraction of sp³-hybridized carbons (Fsp3) is 0.400. The highest BCUT2D eigenvalue weighted by Gasteiger charge is 2.07. The van der Waals surface area contributed by atoms with Crippen LogP contribution in [-0.4, -0.2) is 44.1 Å². The molecule has 0 N–H and O–H groups in total. The second kappa shape index (κ2) is 12.6. The van der Waals surface area contributed by atoms with Crippen LogP contribution >= 0.6 is 0 Å². The Morgan fingerprint density at radius 2 is 1.13 bits per heavy atom. The van der Waals surface area contributed by atoms with E-state index < -0.39 is 0 Å². The predicted octanol–water partition coefficient (Wildman–Crippen LogP) is 7.29. The zero-order chi connectivity index (χ0) is 27.4. The van der Waals surface area contributed by atoms with Gasteiger partial charge >= 0.3 is 0 Å². The van der Waals surface area contributed by atoms with Gasteiger partial charge < -0.3 is 4.57 Å². The highest BCUT2D eigenvalue weighted by Crippen LogP contribution is 2.18. The molecular formula is C30H41N9. The Balaban J connectivity index is 0.000000160. The molecule has 0 radical (unpaired) electrons. The van der Waals surface area contributed by atoms with Crippen molar-refractivity contribution >= 4 is 33.1 Å². The van der Waals surface area contributed by atoms with Gasteiger partial charge in [0.25, 0.3) is 0 Å². The summed E-state index contributed by atoms with van der Waals surface area (Å²) in [7, 11) is 0. The molecule has 0 saturated heterocycles. The molecule has 6 heterocycles. The smallest absolute Gasteiger partial charge is 0.161 e. The fourth-order valence-electron chi connectivity index (χ4n) is 4.17. The lowest BCUT2D eigenvalue weighted by Gasteiger charge is -2.07. The van der Waals surface area contributed by atoms with E-state index in [2.05, 4.69) is 108 Å². The van der Waals surface area contributed by atoms with Gasteiger partial charge in [-0.25, -0.2) is 29.3 Å². The molecule has 0 fully saturated rings. The summed E-state index contributed by atoms with van der Waals surface area (Å²) in [5.74, 6) is 0. The number of hydrogen-bond donors (Lipinski definition) is 0. The van der Waals surface area contributed by atoms with Crippen molar-refractivity contribution in [3.05, 3.63) is 72.8 Å². The van der Waals surface area contributed by atoms with Crippen molar-refractivity contribution in [3.8, 4) is 0 Å². The second-order valence-corrected chi connectivity index (χ2v) is 10.3. The average Bonchev–Trinajstić information content (AvgIpc) is 3.60. The summed E-state index contributed by atoms with van der Waals surface area (Å²) in [5, 5.41) is 11.8. The Hall–Kier alpha value is -4.14. The molecule has 0 amide bonds. The highest BCUT2D eigenvalue weighted by molar-refractivity contribution is 5.77. The van der Waals surface area contributed by atoms with Gasteiger partial charge in [-0.1, -0.05) is 7.43 Å².